The van der Waals surface area contributed by atoms with E-state index >= 15 is 4.39 Å². The number of piperidine rings is 1. The summed E-state index contributed by atoms with van der Waals surface area (Å²) in [4.78, 5) is 42.0. The Morgan fingerprint density at radius 2 is 1.81 bits per heavy atom. The standard InChI is InChI=1S/C32H44FN3O7/c1-21(2)36(24-10-8-15-35(20-24)31(39)43-32(3,4)5)29(37)22-11-13-25(28(18-22)42-17-9-16-40-6)26-19-23(12-14-27(26)33)34-30(38)41-7/h11-14,18-19,21,24H,8-10,15-17,20H2,1-7H3,(H,34,38)/t24-/m1/s1. The molecule has 0 spiro atoms. The molecule has 1 N–H and O–H groups in total. The lowest BCUT2D eigenvalue weighted by atomic mass is 9.98. The fourth-order valence-corrected chi connectivity index (χ4v) is 5.01. The fraction of sp³-hybridized carbons (Fsp3) is 0.531. The summed E-state index contributed by atoms with van der Waals surface area (Å²) < 4.78 is 36.5. The van der Waals surface area contributed by atoms with E-state index in [-0.39, 0.29) is 30.2 Å². The third-order valence-electron chi connectivity index (χ3n) is 6.90. The summed E-state index contributed by atoms with van der Waals surface area (Å²) in [6.07, 6.45) is 0.989. The molecule has 10 nitrogen and oxygen atoms in total. The van der Waals surface area contributed by atoms with Crippen LogP contribution in [0.1, 0.15) is 64.2 Å². The Morgan fingerprint density at radius 1 is 1.07 bits per heavy atom. The van der Waals surface area contributed by atoms with Crippen molar-refractivity contribution < 1.29 is 37.7 Å². The highest BCUT2D eigenvalue weighted by atomic mass is 19.1. The van der Waals surface area contributed by atoms with E-state index in [1.54, 1.807) is 35.1 Å². The SMILES string of the molecule is COCCCOc1cc(C(=O)N(C(C)C)[C@@H]2CCCN(C(=O)OC(C)(C)C)C2)ccc1-c1cc(NC(=O)OC)ccc1F. The summed E-state index contributed by atoms with van der Waals surface area (Å²) in [5, 5.41) is 2.54. The van der Waals surface area contributed by atoms with Crippen LogP contribution in [0.15, 0.2) is 36.4 Å². The molecule has 236 valence electrons. The number of rotatable bonds is 10. The Bertz CT molecular complexity index is 1280. The molecule has 43 heavy (non-hydrogen) atoms. The second kappa shape index (κ2) is 15.0. The molecule has 3 amide bonds. The van der Waals surface area contributed by atoms with Crippen LogP contribution in [0.5, 0.6) is 5.75 Å². The third kappa shape index (κ3) is 9.31. The van der Waals surface area contributed by atoms with Gasteiger partial charge in [-0.25, -0.2) is 14.0 Å². The van der Waals surface area contributed by atoms with Gasteiger partial charge >= 0.3 is 12.2 Å². The minimum absolute atomic E-state index is 0.152. The number of ether oxygens (including phenoxy) is 4. The van der Waals surface area contributed by atoms with Gasteiger partial charge in [-0.3, -0.25) is 10.1 Å². The molecule has 1 fully saturated rings. The van der Waals surface area contributed by atoms with Crippen LogP contribution in [0.3, 0.4) is 0 Å². The normalized spacial score (nSPS) is 15.2. The van der Waals surface area contributed by atoms with Gasteiger partial charge in [-0.05, 0) is 83.9 Å². The van der Waals surface area contributed by atoms with Gasteiger partial charge in [-0.2, -0.15) is 0 Å². The predicted octanol–water partition coefficient (Wildman–Crippen LogP) is 6.34. The second-order valence-corrected chi connectivity index (χ2v) is 11.7. The Morgan fingerprint density at radius 3 is 2.47 bits per heavy atom. The minimum atomic E-state index is -0.684. The summed E-state index contributed by atoms with van der Waals surface area (Å²) in [7, 11) is 2.83. The van der Waals surface area contributed by atoms with Crippen molar-refractivity contribution in [3.63, 3.8) is 0 Å². The van der Waals surface area contributed by atoms with Crippen molar-refractivity contribution in [2.75, 3.05) is 45.8 Å². The Balaban J connectivity index is 1.95. The van der Waals surface area contributed by atoms with Crippen molar-refractivity contribution in [3.05, 3.63) is 47.8 Å². The molecule has 0 aromatic heterocycles. The highest BCUT2D eigenvalue weighted by molar-refractivity contribution is 5.96. The molecule has 1 saturated heterocycles. The molecule has 1 heterocycles. The molecule has 0 radical (unpaired) electrons. The van der Waals surface area contributed by atoms with Crippen molar-refractivity contribution in [2.24, 2.45) is 0 Å². The lowest BCUT2D eigenvalue weighted by Crippen LogP contribution is -2.54. The van der Waals surface area contributed by atoms with Crippen LogP contribution in [0, 0.1) is 5.82 Å². The molecule has 0 bridgehead atoms. The summed E-state index contributed by atoms with van der Waals surface area (Å²) in [6, 6.07) is 8.70. The number of methoxy groups -OCH3 is 2. The first-order valence-corrected chi connectivity index (χ1v) is 14.6. The highest BCUT2D eigenvalue weighted by Gasteiger charge is 2.34. The maximum Gasteiger partial charge on any atom is 0.411 e. The maximum absolute atomic E-state index is 15.1. The van der Waals surface area contributed by atoms with Crippen LogP contribution in [0.25, 0.3) is 11.1 Å². The Hall–Kier alpha value is -3.86. The number of carbonyl (C=O) groups is 3. The summed E-state index contributed by atoms with van der Waals surface area (Å²) in [6.45, 7) is 11.0. The number of carbonyl (C=O) groups excluding carboxylic acids is 3. The van der Waals surface area contributed by atoms with Gasteiger partial charge in [-0.15, -0.1) is 0 Å². The van der Waals surface area contributed by atoms with E-state index in [0.29, 0.717) is 48.7 Å². The third-order valence-corrected chi connectivity index (χ3v) is 6.90. The van der Waals surface area contributed by atoms with Crippen LogP contribution in [0.4, 0.5) is 19.7 Å². The van der Waals surface area contributed by atoms with E-state index in [2.05, 4.69) is 10.1 Å². The van der Waals surface area contributed by atoms with Gasteiger partial charge in [0, 0.05) is 61.6 Å². The van der Waals surface area contributed by atoms with Crippen molar-refractivity contribution in [2.45, 2.75) is 71.6 Å². The second-order valence-electron chi connectivity index (χ2n) is 11.7. The first kappa shape index (κ1) is 33.6. The van der Waals surface area contributed by atoms with E-state index in [9.17, 15) is 14.4 Å². The monoisotopic (exact) mass is 601 g/mol. The average molecular weight is 602 g/mol. The molecule has 0 aliphatic carbocycles. The van der Waals surface area contributed by atoms with Crippen LogP contribution < -0.4 is 10.1 Å². The fourth-order valence-electron chi connectivity index (χ4n) is 5.01. The van der Waals surface area contributed by atoms with Crippen LogP contribution in [0.2, 0.25) is 0 Å². The van der Waals surface area contributed by atoms with Crippen LogP contribution in [-0.4, -0.2) is 86.1 Å². The van der Waals surface area contributed by atoms with E-state index in [4.69, 9.17) is 14.2 Å². The first-order valence-electron chi connectivity index (χ1n) is 14.6. The number of benzene rings is 2. The van der Waals surface area contributed by atoms with Crippen molar-refractivity contribution >= 4 is 23.8 Å². The zero-order valence-electron chi connectivity index (χ0n) is 26.2. The molecular weight excluding hydrogens is 557 g/mol. The molecule has 0 unspecified atom stereocenters. The van der Waals surface area contributed by atoms with Crippen LogP contribution >= 0.6 is 0 Å². The zero-order valence-corrected chi connectivity index (χ0v) is 26.2. The summed E-state index contributed by atoms with van der Waals surface area (Å²) in [5.41, 5.74) is 0.706. The maximum atomic E-state index is 15.1. The number of anilines is 1. The number of halogens is 1. The van der Waals surface area contributed by atoms with Gasteiger partial charge in [0.25, 0.3) is 5.91 Å². The topological polar surface area (TPSA) is 107 Å². The molecule has 3 rings (SSSR count). The van der Waals surface area contributed by atoms with Gasteiger partial charge in [0.1, 0.15) is 17.2 Å². The summed E-state index contributed by atoms with van der Waals surface area (Å²) >= 11 is 0. The van der Waals surface area contributed by atoms with Gasteiger partial charge in [0.2, 0.25) is 0 Å². The number of nitrogens with one attached hydrogen (secondary N) is 1. The van der Waals surface area contributed by atoms with Crippen molar-refractivity contribution in [1.82, 2.24) is 9.80 Å². The first-order chi connectivity index (χ1) is 20.3. The molecule has 0 saturated carbocycles. The summed E-state index contributed by atoms with van der Waals surface area (Å²) in [5.74, 6) is -0.427. The molecular formula is C32H44FN3O7. The molecule has 2 aromatic carbocycles. The van der Waals surface area contributed by atoms with Crippen molar-refractivity contribution in [1.29, 1.82) is 0 Å². The highest BCUT2D eigenvalue weighted by Crippen LogP contribution is 2.35. The number of hydrogen-bond donors (Lipinski definition) is 1. The Kier molecular flexibility index (Phi) is 11.8. The number of amides is 3. The zero-order chi connectivity index (χ0) is 31.7. The number of hydrogen-bond acceptors (Lipinski definition) is 7. The number of likely N-dealkylation sites (tertiary alicyclic amines) is 1. The van der Waals surface area contributed by atoms with E-state index in [0.717, 1.165) is 12.8 Å². The lowest BCUT2D eigenvalue weighted by Gasteiger charge is -2.41. The molecule has 2 aromatic rings. The van der Waals surface area contributed by atoms with Crippen molar-refractivity contribution in [3.8, 4) is 16.9 Å². The van der Waals surface area contributed by atoms with E-state index in [1.807, 2.05) is 34.6 Å². The van der Waals surface area contributed by atoms with Gasteiger partial charge in [-0.1, -0.05) is 0 Å². The lowest BCUT2D eigenvalue weighted by molar-refractivity contribution is 0.00752. The minimum Gasteiger partial charge on any atom is -0.493 e. The smallest absolute Gasteiger partial charge is 0.411 e. The largest absolute Gasteiger partial charge is 0.493 e. The molecule has 1 aliphatic rings. The van der Waals surface area contributed by atoms with E-state index < -0.39 is 23.6 Å². The molecule has 1 aliphatic heterocycles. The molecule has 11 heteroatoms. The molecule has 1 atom stereocenters. The predicted molar refractivity (Wildman–Crippen MR) is 162 cm³/mol. The van der Waals surface area contributed by atoms with Gasteiger partial charge in [0.05, 0.1) is 19.8 Å². The quantitative estimate of drug-likeness (QED) is 0.317. The Labute approximate surface area is 253 Å². The number of nitrogens with zero attached hydrogens (tertiary/aromatic N) is 2. The van der Waals surface area contributed by atoms with Gasteiger partial charge < -0.3 is 28.7 Å². The van der Waals surface area contributed by atoms with Gasteiger partial charge in [0.15, 0.2) is 0 Å². The average Bonchev–Trinajstić information content (AvgIpc) is 2.95. The van der Waals surface area contributed by atoms with Crippen LogP contribution in [-0.2, 0) is 14.2 Å². The van der Waals surface area contributed by atoms with E-state index in [1.165, 1.54) is 25.3 Å².